The van der Waals surface area contributed by atoms with E-state index in [-0.39, 0.29) is 0 Å². The molecule has 1 atom stereocenters. The Morgan fingerprint density at radius 2 is 2.43 bits per heavy atom. The zero-order valence-corrected chi connectivity index (χ0v) is 8.52. The first-order valence-corrected chi connectivity index (χ1v) is 5.11. The highest BCUT2D eigenvalue weighted by Gasteiger charge is 2.25. The zero-order valence-electron chi connectivity index (χ0n) is 8.52. The van der Waals surface area contributed by atoms with Crippen molar-refractivity contribution in [3.05, 3.63) is 24.0 Å². The Morgan fingerprint density at radius 1 is 1.57 bits per heavy atom. The van der Waals surface area contributed by atoms with E-state index in [0.717, 1.165) is 12.8 Å². The van der Waals surface area contributed by atoms with Crippen molar-refractivity contribution in [1.82, 2.24) is 9.80 Å². The van der Waals surface area contributed by atoms with E-state index in [1.165, 1.54) is 25.0 Å². The van der Waals surface area contributed by atoms with Crippen molar-refractivity contribution < 1.29 is 4.79 Å². The molecule has 1 fully saturated rings. The van der Waals surface area contributed by atoms with Crippen LogP contribution in [0.3, 0.4) is 0 Å². The monoisotopic (exact) mass is 192 g/mol. The average Bonchev–Trinajstić information content (AvgIpc) is 2.65. The smallest absolute Gasteiger partial charge is 0.217 e. The number of amides is 1. The van der Waals surface area contributed by atoms with E-state index >= 15 is 0 Å². The summed E-state index contributed by atoms with van der Waals surface area (Å²) >= 11 is 0. The lowest BCUT2D eigenvalue weighted by Gasteiger charge is -2.25. The lowest BCUT2D eigenvalue weighted by atomic mass is 10.0. The van der Waals surface area contributed by atoms with Gasteiger partial charge in [-0.15, -0.1) is 0 Å². The van der Waals surface area contributed by atoms with Crippen molar-refractivity contribution in [2.75, 3.05) is 13.6 Å². The number of hydrogen-bond donors (Lipinski definition) is 0. The van der Waals surface area contributed by atoms with E-state index in [9.17, 15) is 4.79 Å². The van der Waals surface area contributed by atoms with Crippen LogP contribution >= 0.6 is 0 Å². The maximum atomic E-state index is 10.6. The fourth-order valence-corrected chi connectivity index (χ4v) is 2.26. The first-order chi connectivity index (χ1) is 6.81. The highest BCUT2D eigenvalue weighted by Crippen LogP contribution is 2.26. The molecule has 0 aromatic heterocycles. The minimum Gasteiger partial charge on any atom is -0.300 e. The summed E-state index contributed by atoms with van der Waals surface area (Å²) in [6.45, 7) is 1.17. The fraction of sp³-hybridized carbons (Fsp3) is 0.545. The van der Waals surface area contributed by atoms with Gasteiger partial charge in [-0.3, -0.25) is 14.6 Å². The molecular weight excluding hydrogens is 176 g/mol. The number of hydrogen-bond acceptors (Lipinski definition) is 2. The minimum absolute atomic E-state index is 0.544. The third-order valence-electron chi connectivity index (χ3n) is 3.02. The zero-order chi connectivity index (χ0) is 9.97. The Labute approximate surface area is 84.7 Å². The second kappa shape index (κ2) is 3.96. The second-order valence-corrected chi connectivity index (χ2v) is 3.98. The van der Waals surface area contributed by atoms with Crippen LogP contribution in [0.1, 0.15) is 19.3 Å². The molecule has 0 unspecified atom stereocenters. The fourth-order valence-electron chi connectivity index (χ4n) is 2.26. The summed E-state index contributed by atoms with van der Waals surface area (Å²) in [5.41, 5.74) is 1.36. The number of allylic oxidation sites excluding steroid dienone is 1. The molecule has 2 heterocycles. The SMILES string of the molecule is CN1CCC[C@H]1C1=CN(C=O)C=CC1. The molecule has 0 saturated carbocycles. The molecule has 0 aliphatic carbocycles. The van der Waals surface area contributed by atoms with Gasteiger partial charge in [0, 0.05) is 18.4 Å². The van der Waals surface area contributed by atoms with Gasteiger partial charge >= 0.3 is 0 Å². The summed E-state index contributed by atoms with van der Waals surface area (Å²) < 4.78 is 0. The Morgan fingerprint density at radius 3 is 3.07 bits per heavy atom. The van der Waals surface area contributed by atoms with Gasteiger partial charge in [0.1, 0.15) is 0 Å². The third-order valence-corrected chi connectivity index (χ3v) is 3.02. The molecular formula is C11H16N2O. The van der Waals surface area contributed by atoms with Crippen LogP contribution in [0.2, 0.25) is 0 Å². The number of carbonyl (C=O) groups excluding carboxylic acids is 1. The highest BCUT2D eigenvalue weighted by atomic mass is 16.1. The van der Waals surface area contributed by atoms with E-state index in [0.29, 0.717) is 6.04 Å². The number of carbonyl (C=O) groups is 1. The van der Waals surface area contributed by atoms with E-state index in [1.807, 2.05) is 12.4 Å². The van der Waals surface area contributed by atoms with Gasteiger partial charge in [-0.1, -0.05) is 6.08 Å². The van der Waals surface area contributed by atoms with Gasteiger partial charge in [-0.05, 0) is 38.4 Å². The number of likely N-dealkylation sites (tertiary alicyclic amines) is 1. The topological polar surface area (TPSA) is 23.6 Å². The summed E-state index contributed by atoms with van der Waals surface area (Å²) in [6, 6.07) is 0.544. The van der Waals surface area contributed by atoms with Crippen LogP contribution in [0.5, 0.6) is 0 Å². The van der Waals surface area contributed by atoms with E-state index < -0.39 is 0 Å². The van der Waals surface area contributed by atoms with Gasteiger partial charge in [-0.25, -0.2) is 0 Å². The maximum Gasteiger partial charge on any atom is 0.217 e. The molecule has 1 amide bonds. The van der Waals surface area contributed by atoms with E-state index in [2.05, 4.69) is 18.0 Å². The molecule has 0 spiro atoms. The van der Waals surface area contributed by atoms with Gasteiger partial charge in [-0.2, -0.15) is 0 Å². The molecule has 0 N–H and O–H groups in total. The molecule has 3 heteroatoms. The third kappa shape index (κ3) is 1.73. The van der Waals surface area contributed by atoms with Crippen LogP contribution in [-0.4, -0.2) is 35.8 Å². The Hall–Kier alpha value is -1.09. The molecule has 3 nitrogen and oxygen atoms in total. The Balaban J connectivity index is 2.10. The van der Waals surface area contributed by atoms with Crippen LogP contribution < -0.4 is 0 Å². The van der Waals surface area contributed by atoms with Crippen LogP contribution in [0.25, 0.3) is 0 Å². The molecule has 1 saturated heterocycles. The Kier molecular flexibility index (Phi) is 2.68. The number of rotatable bonds is 2. The van der Waals surface area contributed by atoms with Gasteiger partial charge in [0.15, 0.2) is 0 Å². The molecule has 14 heavy (non-hydrogen) atoms. The van der Waals surface area contributed by atoms with Crippen LogP contribution in [-0.2, 0) is 4.79 Å². The number of nitrogens with zero attached hydrogens (tertiary/aromatic N) is 2. The molecule has 2 aliphatic rings. The quantitative estimate of drug-likeness (QED) is 0.616. The Bertz CT molecular complexity index is 283. The molecule has 0 aromatic carbocycles. The molecule has 0 radical (unpaired) electrons. The van der Waals surface area contributed by atoms with Crippen LogP contribution in [0.4, 0.5) is 0 Å². The van der Waals surface area contributed by atoms with Crippen molar-refractivity contribution in [3.8, 4) is 0 Å². The lowest BCUT2D eigenvalue weighted by Crippen LogP contribution is -2.28. The van der Waals surface area contributed by atoms with Gasteiger partial charge in [0.05, 0.1) is 0 Å². The van der Waals surface area contributed by atoms with Gasteiger partial charge in [0.25, 0.3) is 0 Å². The molecule has 0 bridgehead atoms. The van der Waals surface area contributed by atoms with Crippen molar-refractivity contribution in [2.24, 2.45) is 0 Å². The maximum absolute atomic E-state index is 10.6. The van der Waals surface area contributed by atoms with Gasteiger partial charge < -0.3 is 0 Å². The molecule has 2 aliphatic heterocycles. The predicted octanol–water partition coefficient (Wildman–Crippen LogP) is 1.34. The van der Waals surface area contributed by atoms with Crippen molar-refractivity contribution in [1.29, 1.82) is 0 Å². The summed E-state index contributed by atoms with van der Waals surface area (Å²) in [6.07, 6.45) is 10.2. The average molecular weight is 192 g/mol. The molecule has 2 rings (SSSR count). The van der Waals surface area contributed by atoms with E-state index in [1.54, 1.807) is 4.90 Å². The van der Waals surface area contributed by atoms with Gasteiger partial charge in [0.2, 0.25) is 6.41 Å². The first kappa shape index (κ1) is 9.46. The summed E-state index contributed by atoms with van der Waals surface area (Å²) in [5.74, 6) is 0. The minimum atomic E-state index is 0.544. The van der Waals surface area contributed by atoms with Crippen LogP contribution in [0, 0.1) is 0 Å². The van der Waals surface area contributed by atoms with Crippen molar-refractivity contribution in [3.63, 3.8) is 0 Å². The van der Waals surface area contributed by atoms with E-state index in [4.69, 9.17) is 0 Å². The van der Waals surface area contributed by atoms with Crippen molar-refractivity contribution in [2.45, 2.75) is 25.3 Å². The first-order valence-electron chi connectivity index (χ1n) is 5.11. The van der Waals surface area contributed by atoms with Crippen molar-refractivity contribution >= 4 is 6.41 Å². The summed E-state index contributed by atoms with van der Waals surface area (Å²) in [5, 5.41) is 0. The predicted molar refractivity (Wildman–Crippen MR) is 55.4 cm³/mol. The summed E-state index contributed by atoms with van der Waals surface area (Å²) in [7, 11) is 2.15. The lowest BCUT2D eigenvalue weighted by molar-refractivity contribution is -0.114. The molecule has 76 valence electrons. The molecule has 0 aromatic rings. The number of likely N-dealkylation sites (N-methyl/N-ethyl adjacent to an activating group) is 1. The highest BCUT2D eigenvalue weighted by molar-refractivity contribution is 5.52. The largest absolute Gasteiger partial charge is 0.300 e. The second-order valence-electron chi connectivity index (χ2n) is 3.98. The standard InChI is InChI=1S/C11H16N2O/c1-12-6-3-5-11(12)10-4-2-7-13(8-10)9-14/h2,7-9,11H,3-6H2,1H3/t11-/m0/s1. The normalized spacial score (nSPS) is 27.9. The van der Waals surface area contributed by atoms with Crippen LogP contribution in [0.15, 0.2) is 24.0 Å². The summed E-state index contributed by atoms with van der Waals surface area (Å²) in [4.78, 5) is 14.6.